The molecule has 0 radical (unpaired) electrons. The van der Waals surface area contributed by atoms with E-state index >= 15 is 9.59 Å². The lowest BCUT2D eigenvalue weighted by molar-refractivity contribution is -0.390. The Labute approximate surface area is 862 Å². The quantitative estimate of drug-likeness (QED) is 0.00939. The van der Waals surface area contributed by atoms with Crippen LogP contribution in [0.25, 0.3) is 0 Å². The van der Waals surface area contributed by atoms with Gasteiger partial charge in [0, 0.05) is 23.0 Å². The van der Waals surface area contributed by atoms with Crippen molar-refractivity contribution in [3.05, 3.63) is 60.3 Å². The predicted molar refractivity (Wildman–Crippen MR) is 502 cm³/mol. The number of carbonyl (C=O) groups excluding carboxylic acids is 3. The highest BCUT2D eigenvalue weighted by Crippen LogP contribution is 2.77. The van der Waals surface area contributed by atoms with Crippen LogP contribution in [-0.4, -0.2) is 473 Å². The second kappa shape index (κ2) is 47.1. The van der Waals surface area contributed by atoms with Crippen LogP contribution in [0, 0.1) is 50.2 Å². The number of aliphatic hydroxyl groups excluding tert-OH is 25. The summed E-state index contributed by atoms with van der Waals surface area (Å²) in [5.74, 6) is -4.33. The molecule has 0 aromatic rings. The summed E-state index contributed by atoms with van der Waals surface area (Å²) in [6.45, 7) is 28.3. The predicted octanol–water partition coefficient (Wildman–Crippen LogP) is -5.54. The lowest BCUT2D eigenvalue weighted by atomic mass is 9.33. The van der Waals surface area contributed by atoms with Crippen molar-refractivity contribution in [3.8, 4) is 0 Å². The monoisotopic (exact) mass is 2140 g/mol. The van der Waals surface area contributed by atoms with Gasteiger partial charge in [-0.2, -0.15) is 0 Å². The van der Waals surface area contributed by atoms with Gasteiger partial charge in [0.15, 0.2) is 62.5 Å². The van der Waals surface area contributed by atoms with E-state index in [4.69, 9.17) is 94.7 Å². The third-order valence-corrected chi connectivity index (χ3v) is 35.3. The Morgan fingerprint density at radius 3 is 1.43 bits per heavy atom. The van der Waals surface area contributed by atoms with Crippen LogP contribution >= 0.6 is 0 Å². The highest BCUT2D eigenvalue weighted by Gasteiger charge is 2.74. The highest BCUT2D eigenvalue weighted by atomic mass is 16.8. The molecule has 54 atom stereocenters. The molecule has 13 fully saturated rings. The minimum Gasteiger partial charge on any atom is -0.458 e. The normalized spacial score (nSPS) is 49.4. The van der Waals surface area contributed by atoms with Gasteiger partial charge in [0.1, 0.15) is 182 Å². The minimum atomic E-state index is -2.28. The Bertz CT molecular complexity index is 4610. The third-order valence-electron chi connectivity index (χ3n) is 35.3. The van der Waals surface area contributed by atoms with Crippen molar-refractivity contribution in [2.75, 3.05) is 39.6 Å². The van der Waals surface area contributed by atoms with E-state index in [2.05, 4.69) is 40.0 Å². The smallest absolute Gasteiger partial charge is 0.333 e. The number of fused-ring (bicyclic) bond motifs is 7. The summed E-state index contributed by atoms with van der Waals surface area (Å²) in [5.41, 5.74) is -7.98. The third kappa shape index (κ3) is 23.2. The first-order valence-electron chi connectivity index (χ1n) is 51.6. The van der Waals surface area contributed by atoms with E-state index in [0.717, 1.165) is 5.57 Å². The molecule has 48 nitrogen and oxygen atoms in total. The summed E-state index contributed by atoms with van der Waals surface area (Å²) >= 11 is 0. The standard InChI is InChI=1S/C101H160O48/c1-17-96(12,148-89-74(124)65(115)58(108)42(5)133-89)28-20-22-41(4)83(128)142-77-43(6)135-90(75(125)69(77)119)149-97(13,18-2)27-19-21-40(3)82(127)140-57-33-101(93(129)147-92-81(68(118)62(112)50(35-103)138-92)146-88-76(126)79(144-87-73(123)66(116)61(111)49(34-102)136-87)78(44(7)134-88)143-86-71(121)63(113)51(36-104)137-86)46(31-94(57,8)9)45-23-24-54-98(14)29-26-56(95(10,11)53(98)25-30-99(54,15)100(45,16)32-55(101)107)141-85-72(122)67(117)64(114)52(139-85)39-132-91-80(60(110)48(106)38-131-91)145-84-70(120)59(109)47(105)37-130-84/h17-18,21-23,42-44,46-81,84-92,102-126H,1-2,19-20,24-39H2,3-16H3/b40-21+,41-22+/t42-,43-,44+,46+,47-,48+,49-,50-,51+,52-,53+,54-,55-,56+,57+,58-,59+,60+,61-,62-,63+,64-,65+,66+,67+,68+,69-,70-,71-,72-,73-,74-,75-,76-,77-,78+,79+,80-,81-,84+,85+,86+,87+,88+,89+,90+,91+,92+,96+,97-,98+,99-,100-,101-/m1/s1. The van der Waals surface area contributed by atoms with Crippen LogP contribution in [0.5, 0.6) is 0 Å². The molecule has 0 unspecified atom stereocenters. The van der Waals surface area contributed by atoms with Crippen molar-refractivity contribution >= 4 is 17.9 Å². The molecule has 14 aliphatic rings. The zero-order valence-corrected chi connectivity index (χ0v) is 86.3. The number of hydrogen-bond donors (Lipinski definition) is 25. The Morgan fingerprint density at radius 1 is 0.416 bits per heavy atom. The number of hydrogen-bond acceptors (Lipinski definition) is 48. The molecule has 0 aromatic heterocycles. The van der Waals surface area contributed by atoms with Gasteiger partial charge in [-0.15, -0.1) is 13.2 Å². The fourth-order valence-electron chi connectivity index (χ4n) is 25.4. The van der Waals surface area contributed by atoms with Crippen LogP contribution in [0.3, 0.4) is 0 Å². The molecule has 0 bridgehead atoms. The van der Waals surface area contributed by atoms with Gasteiger partial charge >= 0.3 is 17.9 Å². The summed E-state index contributed by atoms with van der Waals surface area (Å²) < 4.78 is 122. The Hall–Kier alpha value is -4.57. The molecule has 14 rings (SSSR count). The average Bonchev–Trinajstić information content (AvgIpc) is 0.788. The molecule has 0 spiro atoms. The van der Waals surface area contributed by atoms with Crippen LogP contribution in [0.4, 0.5) is 0 Å². The topological polar surface area (TPSA) is 742 Å². The molecule has 9 saturated heterocycles. The molecule has 25 N–H and O–H groups in total. The molecule has 9 heterocycles. The van der Waals surface area contributed by atoms with Crippen LogP contribution in [0.15, 0.2) is 60.3 Å². The molecule has 149 heavy (non-hydrogen) atoms. The number of esters is 3. The SMILES string of the molecule is C=C[C@@](C)(CC/C=C(\C)C(=O)O[C@H]1[C@H](O)[C@@H](O)[C@H](O[C@](C)(C=C)CC/C=C(\C)C(=O)O[C@H]2C[C@]3(C(=O)O[C@@H]4O[C@H](CO)[C@@H](O)[C@H](O)[C@H]4O[C@@H]4O[C@@H](C)[C@H](O[C@@H]5O[C@@H](CO)[C@H](O)[C@H]5O)[C@@H](O[C@@H]5O[C@H](CO)[C@@H](O)[C@H](O)[C@H]5O)[C@H]4O)[C@H](O)C[C@]4(C)C(=CC[C@@H]5[C@@]6(C)CC[C@H](O[C@@H]7O[C@H](CO[C@@H]8OC[C@H](O)[C@H](O)[C@H]8O[C@@H]8OC[C@@H](O)[C@H](O)[C@H]8O)[C@@H](O)[C@H](O)[C@H]7O)C(C)(C)[C@@H]6CC[C@]54C)[C@@H]3CC2(C)C)O[C@@H]1C)O[C@@H]1O[C@H](C)[C@@H](O)[C@H](O)[C@H]1O. The van der Waals surface area contributed by atoms with Crippen LogP contribution < -0.4 is 0 Å². The molecular formula is C101H160O48. The number of allylic oxidation sites excluding steroid dienone is 4. The van der Waals surface area contributed by atoms with Crippen LogP contribution in [-0.2, 0) is 109 Å². The summed E-state index contributed by atoms with van der Waals surface area (Å²) in [7, 11) is 0. The van der Waals surface area contributed by atoms with Gasteiger partial charge in [-0.25, -0.2) is 9.59 Å². The van der Waals surface area contributed by atoms with Crippen molar-refractivity contribution in [1.29, 1.82) is 0 Å². The maximum atomic E-state index is 16.8. The van der Waals surface area contributed by atoms with E-state index in [0.29, 0.717) is 32.1 Å². The largest absolute Gasteiger partial charge is 0.458 e. The van der Waals surface area contributed by atoms with Gasteiger partial charge in [-0.1, -0.05) is 84.4 Å². The zero-order valence-electron chi connectivity index (χ0n) is 86.3. The van der Waals surface area contributed by atoms with Crippen molar-refractivity contribution in [1.82, 2.24) is 0 Å². The first kappa shape index (κ1) is 120. The van der Waals surface area contributed by atoms with Gasteiger partial charge in [-0.05, 0) is 159 Å². The van der Waals surface area contributed by atoms with Gasteiger partial charge < -0.3 is 222 Å². The number of aliphatic hydroxyl groups is 25. The fraction of sp³-hybridized carbons (Fsp3) is 0.871. The van der Waals surface area contributed by atoms with Crippen molar-refractivity contribution in [2.24, 2.45) is 50.2 Å². The van der Waals surface area contributed by atoms with E-state index in [1.807, 2.05) is 27.7 Å². The molecule has 48 heteroatoms. The molecule has 852 valence electrons. The molecule has 0 amide bonds. The minimum absolute atomic E-state index is 0.0127. The number of carbonyl (C=O) groups is 3. The van der Waals surface area contributed by atoms with Crippen molar-refractivity contribution in [2.45, 2.75) is 462 Å². The Kier molecular flexibility index (Phi) is 37.9. The number of rotatable bonds is 34. The second-order valence-corrected chi connectivity index (χ2v) is 45.7. The number of ether oxygens (including phenoxy) is 20. The average molecular weight is 2140 g/mol. The van der Waals surface area contributed by atoms with Crippen molar-refractivity contribution in [3.63, 3.8) is 0 Å². The zero-order chi connectivity index (χ0) is 110. The Balaban J connectivity index is 0.709. The van der Waals surface area contributed by atoms with Gasteiger partial charge in [-0.3, -0.25) is 4.79 Å². The maximum Gasteiger partial charge on any atom is 0.333 e. The van der Waals surface area contributed by atoms with Crippen LogP contribution in [0.1, 0.15) is 174 Å². The highest BCUT2D eigenvalue weighted by molar-refractivity contribution is 5.88. The Morgan fingerprint density at radius 2 is 0.852 bits per heavy atom. The first-order valence-corrected chi connectivity index (χ1v) is 51.6. The molecular weight excluding hydrogens is 1980 g/mol. The van der Waals surface area contributed by atoms with E-state index in [1.54, 1.807) is 26.0 Å². The summed E-state index contributed by atoms with van der Waals surface area (Å²) in [4.78, 5) is 45.6. The molecule has 5 aliphatic carbocycles. The van der Waals surface area contributed by atoms with E-state index in [1.165, 1.54) is 46.8 Å². The summed E-state index contributed by atoms with van der Waals surface area (Å²) in [5, 5.41) is 279. The molecule has 4 saturated carbocycles. The lowest BCUT2D eigenvalue weighted by Crippen LogP contribution is -2.70. The van der Waals surface area contributed by atoms with Crippen LogP contribution in [0.2, 0.25) is 0 Å². The molecule has 0 aromatic carbocycles. The van der Waals surface area contributed by atoms with E-state index < -0.39 is 390 Å². The maximum absolute atomic E-state index is 16.8. The van der Waals surface area contributed by atoms with Gasteiger partial charge in [0.2, 0.25) is 6.29 Å². The van der Waals surface area contributed by atoms with E-state index in [9.17, 15) is 132 Å². The van der Waals surface area contributed by atoms with Gasteiger partial charge in [0.05, 0.1) is 81.4 Å². The first-order chi connectivity index (χ1) is 69.8. The van der Waals surface area contributed by atoms with Crippen molar-refractivity contribution < 1.29 is 237 Å². The van der Waals surface area contributed by atoms with E-state index in [-0.39, 0.29) is 61.5 Å². The summed E-state index contributed by atoms with van der Waals surface area (Å²) in [6, 6.07) is 0. The van der Waals surface area contributed by atoms with Gasteiger partial charge in [0.25, 0.3) is 0 Å². The lowest BCUT2D eigenvalue weighted by Gasteiger charge is -2.72. The fourth-order valence-corrected chi connectivity index (χ4v) is 25.4. The second-order valence-electron chi connectivity index (χ2n) is 45.7. The summed E-state index contributed by atoms with van der Waals surface area (Å²) in [6.07, 6.45) is -66.0. The molecule has 9 aliphatic heterocycles.